The van der Waals surface area contributed by atoms with E-state index in [4.69, 9.17) is 16.6 Å². The molecule has 6 nitrogen and oxygen atoms in total. The smallest absolute Gasteiger partial charge is 0.222 e. The van der Waals surface area contributed by atoms with E-state index in [2.05, 4.69) is 20.3 Å². The number of rotatable bonds is 4. The van der Waals surface area contributed by atoms with Crippen LogP contribution in [0.2, 0.25) is 5.02 Å². The highest BCUT2D eigenvalue weighted by molar-refractivity contribution is 6.31. The summed E-state index contributed by atoms with van der Waals surface area (Å²) in [6.45, 7) is 0.766. The number of benzene rings is 2. The average Bonchev–Trinajstić information content (AvgIpc) is 3.05. The normalized spacial score (nSPS) is 13.6. The first-order valence-electron chi connectivity index (χ1n) is 10.7. The van der Waals surface area contributed by atoms with Crippen LogP contribution < -0.4 is 10.2 Å². The standard InChI is InChI=1S/C24H21ClF2N6/c1-28-24-30-11-15-10-14(5-8-19(15)32-24)21-12-29-20-4-2-3-9-33(23(20)31-21)13-16-17(26)6-7-18(27)22(16)25/h5-8,10-12H,2-4,9,13H2,1H3,(H,28,30,32). The molecule has 0 saturated heterocycles. The second-order valence-corrected chi connectivity index (χ2v) is 8.32. The zero-order valence-corrected chi connectivity index (χ0v) is 18.7. The molecule has 3 heterocycles. The largest absolute Gasteiger partial charge is 0.357 e. The van der Waals surface area contributed by atoms with Gasteiger partial charge in [0, 0.05) is 42.8 Å². The monoisotopic (exact) mass is 466 g/mol. The highest BCUT2D eigenvalue weighted by Crippen LogP contribution is 2.31. The molecule has 0 radical (unpaired) electrons. The number of nitrogens with one attached hydrogen (secondary N) is 1. The fourth-order valence-electron chi connectivity index (χ4n) is 4.05. The number of fused-ring (bicyclic) bond motifs is 2. The zero-order chi connectivity index (χ0) is 22.9. The van der Waals surface area contributed by atoms with E-state index in [9.17, 15) is 8.78 Å². The lowest BCUT2D eigenvalue weighted by Gasteiger charge is -2.24. The number of anilines is 2. The van der Waals surface area contributed by atoms with Crippen molar-refractivity contribution in [2.24, 2.45) is 0 Å². The predicted octanol–water partition coefficient (Wildman–Crippen LogP) is 5.40. The van der Waals surface area contributed by atoms with Crippen molar-refractivity contribution in [1.82, 2.24) is 19.9 Å². The van der Waals surface area contributed by atoms with Gasteiger partial charge in [0.1, 0.15) is 11.6 Å². The molecule has 1 aliphatic rings. The van der Waals surface area contributed by atoms with Crippen molar-refractivity contribution in [1.29, 1.82) is 0 Å². The number of aromatic nitrogens is 4. The van der Waals surface area contributed by atoms with E-state index < -0.39 is 11.6 Å². The summed E-state index contributed by atoms with van der Waals surface area (Å²) < 4.78 is 28.5. The van der Waals surface area contributed by atoms with E-state index in [0.717, 1.165) is 53.6 Å². The fraction of sp³-hybridized carbons (Fsp3) is 0.250. The summed E-state index contributed by atoms with van der Waals surface area (Å²) in [4.78, 5) is 20.2. The highest BCUT2D eigenvalue weighted by atomic mass is 35.5. The Kier molecular flexibility index (Phi) is 5.76. The Balaban J connectivity index is 1.54. The minimum Gasteiger partial charge on any atom is -0.357 e. The molecule has 1 N–H and O–H groups in total. The maximum absolute atomic E-state index is 14.5. The molecule has 33 heavy (non-hydrogen) atoms. The van der Waals surface area contributed by atoms with Crippen LogP contribution in [0.25, 0.3) is 22.2 Å². The Morgan fingerprint density at radius 1 is 1.03 bits per heavy atom. The number of aryl methyl sites for hydroxylation is 1. The van der Waals surface area contributed by atoms with Crippen LogP contribution in [0.5, 0.6) is 0 Å². The molecule has 0 saturated carbocycles. The van der Waals surface area contributed by atoms with Gasteiger partial charge in [0.2, 0.25) is 5.95 Å². The topological polar surface area (TPSA) is 66.8 Å². The molecule has 0 spiro atoms. The van der Waals surface area contributed by atoms with Crippen molar-refractivity contribution < 1.29 is 8.78 Å². The van der Waals surface area contributed by atoms with Crippen LogP contribution in [0.3, 0.4) is 0 Å². The summed E-state index contributed by atoms with van der Waals surface area (Å²) in [6, 6.07) is 7.97. The molecular formula is C24H21ClF2N6. The Hall–Kier alpha value is -3.39. The van der Waals surface area contributed by atoms with Crippen LogP contribution >= 0.6 is 11.6 Å². The molecule has 5 rings (SSSR count). The van der Waals surface area contributed by atoms with E-state index in [0.29, 0.717) is 24.0 Å². The Labute approximate surface area is 194 Å². The summed E-state index contributed by atoms with van der Waals surface area (Å²) in [6.07, 6.45) is 6.12. The van der Waals surface area contributed by atoms with Crippen molar-refractivity contribution in [3.05, 3.63) is 70.6 Å². The minimum absolute atomic E-state index is 0.117. The fourth-order valence-corrected chi connectivity index (χ4v) is 4.26. The molecule has 0 fully saturated rings. The molecular weight excluding hydrogens is 446 g/mol. The lowest BCUT2D eigenvalue weighted by molar-refractivity contribution is 0.579. The van der Waals surface area contributed by atoms with Crippen LogP contribution in [0.4, 0.5) is 20.5 Å². The molecule has 9 heteroatoms. The third kappa shape index (κ3) is 4.18. The van der Waals surface area contributed by atoms with Crippen molar-refractivity contribution in [3.8, 4) is 11.3 Å². The predicted molar refractivity (Wildman–Crippen MR) is 125 cm³/mol. The van der Waals surface area contributed by atoms with E-state index in [-0.39, 0.29) is 17.1 Å². The number of nitrogens with zero attached hydrogens (tertiary/aromatic N) is 5. The first kappa shape index (κ1) is 21.5. The number of halogens is 3. The van der Waals surface area contributed by atoms with Gasteiger partial charge < -0.3 is 10.2 Å². The van der Waals surface area contributed by atoms with Gasteiger partial charge in [-0.2, -0.15) is 0 Å². The van der Waals surface area contributed by atoms with Gasteiger partial charge in [0.05, 0.1) is 28.1 Å². The van der Waals surface area contributed by atoms with Crippen LogP contribution in [-0.4, -0.2) is 33.5 Å². The van der Waals surface area contributed by atoms with Crippen molar-refractivity contribution in [3.63, 3.8) is 0 Å². The van der Waals surface area contributed by atoms with Crippen LogP contribution in [-0.2, 0) is 13.0 Å². The molecule has 0 aliphatic carbocycles. The second kappa shape index (κ2) is 8.86. The van der Waals surface area contributed by atoms with Crippen molar-refractivity contribution in [2.75, 3.05) is 23.8 Å². The first-order chi connectivity index (χ1) is 16.0. The molecule has 2 aromatic heterocycles. The number of hydrogen-bond acceptors (Lipinski definition) is 6. The summed E-state index contributed by atoms with van der Waals surface area (Å²) in [5, 5.41) is 3.62. The van der Waals surface area contributed by atoms with Gasteiger partial charge in [-0.05, 0) is 43.5 Å². The Bertz CT molecular complexity index is 1350. The summed E-state index contributed by atoms with van der Waals surface area (Å²) in [7, 11) is 1.77. The van der Waals surface area contributed by atoms with Crippen molar-refractivity contribution >= 4 is 34.3 Å². The third-order valence-corrected chi connectivity index (χ3v) is 6.21. The molecule has 168 valence electrons. The van der Waals surface area contributed by atoms with Gasteiger partial charge in [-0.25, -0.2) is 23.7 Å². The molecule has 0 atom stereocenters. The molecule has 2 aromatic carbocycles. The first-order valence-corrected chi connectivity index (χ1v) is 11.1. The quantitative estimate of drug-likeness (QED) is 0.406. The summed E-state index contributed by atoms with van der Waals surface area (Å²) >= 11 is 6.10. The Morgan fingerprint density at radius 3 is 2.73 bits per heavy atom. The van der Waals surface area contributed by atoms with E-state index in [1.165, 1.54) is 0 Å². The van der Waals surface area contributed by atoms with Gasteiger partial charge in [-0.15, -0.1) is 0 Å². The lowest BCUT2D eigenvalue weighted by atomic mass is 10.1. The van der Waals surface area contributed by atoms with Gasteiger partial charge in [0.15, 0.2) is 5.82 Å². The lowest BCUT2D eigenvalue weighted by Crippen LogP contribution is -2.26. The Morgan fingerprint density at radius 2 is 1.88 bits per heavy atom. The summed E-state index contributed by atoms with van der Waals surface area (Å²) in [5.74, 6) is 0.0556. The number of hydrogen-bond donors (Lipinski definition) is 1. The zero-order valence-electron chi connectivity index (χ0n) is 17.9. The van der Waals surface area contributed by atoms with E-state index in [1.54, 1.807) is 19.4 Å². The summed E-state index contributed by atoms with van der Waals surface area (Å²) in [5.41, 5.74) is 3.34. The van der Waals surface area contributed by atoms with E-state index >= 15 is 0 Å². The van der Waals surface area contributed by atoms with Gasteiger partial charge in [-0.3, -0.25) is 4.98 Å². The molecule has 0 amide bonds. The van der Waals surface area contributed by atoms with Crippen LogP contribution in [0.15, 0.2) is 42.7 Å². The molecule has 0 bridgehead atoms. The minimum atomic E-state index is -0.636. The third-order valence-electron chi connectivity index (χ3n) is 5.81. The van der Waals surface area contributed by atoms with Crippen LogP contribution in [0.1, 0.15) is 24.1 Å². The van der Waals surface area contributed by atoms with Crippen LogP contribution in [0, 0.1) is 11.6 Å². The average molecular weight is 467 g/mol. The van der Waals surface area contributed by atoms with Gasteiger partial charge in [0.25, 0.3) is 0 Å². The van der Waals surface area contributed by atoms with E-state index in [1.807, 2.05) is 23.1 Å². The second-order valence-electron chi connectivity index (χ2n) is 7.94. The maximum Gasteiger partial charge on any atom is 0.222 e. The molecule has 4 aromatic rings. The molecule has 1 aliphatic heterocycles. The highest BCUT2D eigenvalue weighted by Gasteiger charge is 2.22. The van der Waals surface area contributed by atoms with Gasteiger partial charge in [-0.1, -0.05) is 17.7 Å². The van der Waals surface area contributed by atoms with Gasteiger partial charge >= 0.3 is 0 Å². The van der Waals surface area contributed by atoms with Crippen molar-refractivity contribution in [2.45, 2.75) is 25.8 Å². The SMILES string of the molecule is CNc1ncc2cc(-c3cnc4c(n3)N(Cc3c(F)ccc(F)c3Cl)CCCC4)ccc2n1. The maximum atomic E-state index is 14.5. The molecule has 0 unspecified atom stereocenters.